The van der Waals surface area contributed by atoms with Crippen LogP contribution in [0.4, 0.5) is 0 Å². The van der Waals surface area contributed by atoms with Crippen LogP contribution in [-0.4, -0.2) is 36.3 Å². The molecule has 1 fully saturated rings. The zero-order chi connectivity index (χ0) is 23.1. The maximum Gasteiger partial charge on any atom is 0.311 e. The van der Waals surface area contributed by atoms with E-state index in [9.17, 15) is 14.4 Å². The number of unbranched alkanes of at least 4 members (excludes halogenated alkanes) is 1. The average molecular weight is 439 g/mol. The third-order valence-corrected chi connectivity index (χ3v) is 5.84. The van der Waals surface area contributed by atoms with Crippen LogP contribution in [0.15, 0.2) is 48.5 Å². The largest absolute Gasteiger partial charge is 0.497 e. The highest BCUT2D eigenvalue weighted by Crippen LogP contribution is 2.38. The molecular weight excluding hydrogens is 408 g/mol. The number of methoxy groups -OCH3 is 1. The lowest BCUT2D eigenvalue weighted by molar-refractivity contribution is -0.158. The van der Waals surface area contributed by atoms with E-state index < -0.39 is 11.8 Å². The number of primary amides is 1. The summed E-state index contributed by atoms with van der Waals surface area (Å²) in [4.78, 5) is 38.9. The Morgan fingerprint density at radius 2 is 1.78 bits per heavy atom. The van der Waals surface area contributed by atoms with E-state index >= 15 is 0 Å². The molecule has 170 valence electrons. The van der Waals surface area contributed by atoms with Gasteiger partial charge in [-0.2, -0.15) is 0 Å². The summed E-state index contributed by atoms with van der Waals surface area (Å²) in [6, 6.07) is 13.8. The molecule has 0 bridgehead atoms. The van der Waals surface area contributed by atoms with Crippen LogP contribution in [0.1, 0.15) is 60.1 Å². The van der Waals surface area contributed by atoms with E-state index in [1.807, 2.05) is 29.2 Å². The summed E-state index contributed by atoms with van der Waals surface area (Å²) in [6.07, 6.45) is 2.59. The number of nitrogens with two attached hydrogens (primary N) is 1. The van der Waals surface area contributed by atoms with Crippen molar-refractivity contribution in [2.45, 2.75) is 45.3 Å². The minimum absolute atomic E-state index is 0.0605. The number of rotatable bonds is 9. The lowest BCUT2D eigenvalue weighted by atomic mass is 9.84. The molecule has 1 aliphatic heterocycles. The van der Waals surface area contributed by atoms with Crippen LogP contribution in [0.2, 0.25) is 0 Å². The van der Waals surface area contributed by atoms with Gasteiger partial charge in [-0.3, -0.25) is 14.4 Å². The van der Waals surface area contributed by atoms with Gasteiger partial charge < -0.3 is 20.1 Å². The number of carbonyl (C=O) groups is 3. The van der Waals surface area contributed by atoms with Crippen molar-refractivity contribution in [3.8, 4) is 5.75 Å². The van der Waals surface area contributed by atoms with Gasteiger partial charge in [0.2, 0.25) is 11.8 Å². The van der Waals surface area contributed by atoms with Gasteiger partial charge in [-0.05, 0) is 48.2 Å². The molecule has 0 aliphatic carbocycles. The molecule has 1 saturated heterocycles. The first kappa shape index (κ1) is 23.3. The van der Waals surface area contributed by atoms with Crippen molar-refractivity contribution >= 4 is 17.8 Å². The molecule has 0 aromatic heterocycles. The number of nitrogens with zero attached hydrogens (tertiary/aromatic N) is 1. The van der Waals surface area contributed by atoms with Crippen molar-refractivity contribution in [1.82, 2.24) is 4.90 Å². The zero-order valence-electron chi connectivity index (χ0n) is 18.6. The summed E-state index contributed by atoms with van der Waals surface area (Å²) in [7, 11) is 1.60. The molecule has 0 spiro atoms. The van der Waals surface area contributed by atoms with Gasteiger partial charge in [0.15, 0.2) is 0 Å². The lowest BCUT2D eigenvalue weighted by Gasteiger charge is -2.40. The van der Waals surface area contributed by atoms with Crippen LogP contribution in [0, 0.1) is 5.92 Å². The summed E-state index contributed by atoms with van der Waals surface area (Å²) in [6.45, 7) is 2.77. The fraction of sp³-hybridized carbons (Fsp3) is 0.400. The van der Waals surface area contributed by atoms with Gasteiger partial charge >= 0.3 is 5.97 Å². The monoisotopic (exact) mass is 438 g/mol. The molecule has 0 saturated carbocycles. The molecule has 3 rings (SSSR count). The van der Waals surface area contributed by atoms with E-state index in [4.69, 9.17) is 15.2 Å². The molecular formula is C25H30N2O5. The molecule has 7 heteroatoms. The minimum atomic E-state index is -0.505. The first-order valence-electron chi connectivity index (χ1n) is 10.9. The van der Waals surface area contributed by atoms with Crippen molar-refractivity contribution in [2.24, 2.45) is 11.7 Å². The predicted octanol–water partition coefficient (Wildman–Crippen LogP) is 3.62. The predicted molar refractivity (Wildman–Crippen MR) is 120 cm³/mol. The lowest BCUT2D eigenvalue weighted by Crippen LogP contribution is -2.46. The number of carbonyl (C=O) groups excluding carboxylic acids is 3. The Kier molecular flexibility index (Phi) is 7.87. The van der Waals surface area contributed by atoms with Crippen molar-refractivity contribution in [3.05, 3.63) is 65.2 Å². The van der Waals surface area contributed by atoms with Crippen molar-refractivity contribution in [1.29, 1.82) is 0 Å². The van der Waals surface area contributed by atoms with E-state index in [0.717, 1.165) is 29.7 Å². The number of esters is 1. The van der Waals surface area contributed by atoms with E-state index in [0.29, 0.717) is 24.9 Å². The quantitative estimate of drug-likeness (QED) is 0.603. The van der Waals surface area contributed by atoms with Gasteiger partial charge in [0, 0.05) is 18.5 Å². The number of amides is 2. The highest BCUT2D eigenvalue weighted by molar-refractivity contribution is 5.92. The molecule has 2 atom stereocenters. The Morgan fingerprint density at radius 1 is 1.09 bits per heavy atom. The highest BCUT2D eigenvalue weighted by atomic mass is 16.5. The first-order valence-corrected chi connectivity index (χ1v) is 10.9. The first-order chi connectivity index (χ1) is 15.4. The van der Waals surface area contributed by atoms with Gasteiger partial charge in [0.1, 0.15) is 12.4 Å². The van der Waals surface area contributed by atoms with Crippen LogP contribution in [-0.2, 0) is 20.9 Å². The van der Waals surface area contributed by atoms with E-state index in [1.165, 1.54) is 0 Å². The SMILES string of the molecule is CCCCN1C(=O)CC[C@H](C(=O)OCc2ccc(C(N)=O)cc2)[C@@H]1c1ccc(OC)cc1. The minimum Gasteiger partial charge on any atom is -0.497 e. The maximum atomic E-state index is 13.1. The summed E-state index contributed by atoms with van der Waals surface area (Å²) >= 11 is 0. The van der Waals surface area contributed by atoms with Crippen LogP contribution in [0.25, 0.3) is 0 Å². The van der Waals surface area contributed by atoms with Crippen LogP contribution >= 0.6 is 0 Å². The number of hydrogen-bond donors (Lipinski definition) is 1. The van der Waals surface area contributed by atoms with Crippen LogP contribution in [0.5, 0.6) is 5.75 Å². The zero-order valence-corrected chi connectivity index (χ0v) is 18.6. The summed E-state index contributed by atoms with van der Waals surface area (Å²) < 4.78 is 10.9. The molecule has 2 aromatic rings. The Balaban J connectivity index is 1.79. The third kappa shape index (κ3) is 5.46. The Labute approximate surface area is 188 Å². The van der Waals surface area contributed by atoms with E-state index in [-0.39, 0.29) is 24.5 Å². The summed E-state index contributed by atoms with van der Waals surface area (Å²) in [5.74, 6) is -0.517. The number of benzene rings is 2. The normalized spacial score (nSPS) is 18.3. The van der Waals surface area contributed by atoms with Crippen molar-refractivity contribution < 1.29 is 23.9 Å². The standard InChI is InChI=1S/C25H30N2O5/c1-3-4-15-27-22(28)14-13-21(23(27)18-9-11-20(31-2)12-10-18)25(30)32-16-17-5-7-19(8-6-17)24(26)29/h5-12,21,23H,3-4,13-16H2,1-2H3,(H2,26,29)/t21-,23-/m0/s1. The maximum absolute atomic E-state index is 13.1. The Bertz CT molecular complexity index is 940. The number of hydrogen-bond acceptors (Lipinski definition) is 5. The van der Waals surface area contributed by atoms with E-state index in [1.54, 1.807) is 31.4 Å². The van der Waals surface area contributed by atoms with Crippen LogP contribution < -0.4 is 10.5 Å². The molecule has 1 heterocycles. The van der Waals surface area contributed by atoms with Gasteiger partial charge in [-0.25, -0.2) is 0 Å². The number of likely N-dealkylation sites (tertiary alicyclic amines) is 1. The van der Waals surface area contributed by atoms with Gasteiger partial charge in [-0.15, -0.1) is 0 Å². The van der Waals surface area contributed by atoms with Gasteiger partial charge in [0.25, 0.3) is 0 Å². The van der Waals surface area contributed by atoms with Gasteiger partial charge in [-0.1, -0.05) is 37.6 Å². The average Bonchev–Trinajstić information content (AvgIpc) is 2.82. The molecule has 1 aliphatic rings. The molecule has 2 N–H and O–H groups in total. The number of ether oxygens (including phenoxy) is 2. The second-order valence-corrected chi connectivity index (χ2v) is 7.97. The fourth-order valence-corrected chi connectivity index (χ4v) is 4.03. The van der Waals surface area contributed by atoms with E-state index in [2.05, 4.69) is 6.92 Å². The van der Waals surface area contributed by atoms with Crippen LogP contribution in [0.3, 0.4) is 0 Å². The fourth-order valence-electron chi connectivity index (χ4n) is 4.03. The third-order valence-electron chi connectivity index (χ3n) is 5.84. The molecule has 32 heavy (non-hydrogen) atoms. The molecule has 7 nitrogen and oxygen atoms in total. The summed E-state index contributed by atoms with van der Waals surface area (Å²) in [5.41, 5.74) is 7.32. The molecule has 2 aromatic carbocycles. The highest BCUT2D eigenvalue weighted by Gasteiger charge is 2.41. The Morgan fingerprint density at radius 3 is 2.38 bits per heavy atom. The molecule has 0 unspecified atom stereocenters. The second kappa shape index (κ2) is 10.8. The van der Waals surface area contributed by atoms with Crippen molar-refractivity contribution in [3.63, 3.8) is 0 Å². The smallest absolute Gasteiger partial charge is 0.311 e. The van der Waals surface area contributed by atoms with Crippen molar-refractivity contribution in [2.75, 3.05) is 13.7 Å². The Hall–Kier alpha value is -3.35. The second-order valence-electron chi connectivity index (χ2n) is 7.97. The number of piperidine rings is 1. The van der Waals surface area contributed by atoms with Gasteiger partial charge in [0.05, 0.1) is 19.1 Å². The molecule has 0 radical (unpaired) electrons. The summed E-state index contributed by atoms with van der Waals surface area (Å²) in [5, 5.41) is 0. The molecule has 2 amide bonds. The topological polar surface area (TPSA) is 98.9 Å².